The van der Waals surface area contributed by atoms with Crippen molar-refractivity contribution in [2.45, 2.75) is 251 Å². The minimum Gasteiger partial charge on any atom is -0.393 e. The lowest BCUT2D eigenvalue weighted by Crippen LogP contribution is -2.62. The lowest BCUT2D eigenvalue weighted by atomic mass is 9.43. The van der Waals surface area contributed by atoms with Crippen LogP contribution in [0.15, 0.2) is 20.9 Å². The average molecular weight is 1100 g/mol. The van der Waals surface area contributed by atoms with Crippen molar-refractivity contribution in [1.29, 1.82) is 0 Å². The molecule has 1 aromatic heterocycles. The predicted octanol–water partition coefficient (Wildman–Crippen LogP) is 10.7. The lowest BCUT2D eigenvalue weighted by molar-refractivity contribution is -0.207. The molecule has 0 bridgehead atoms. The zero-order valence-corrected chi connectivity index (χ0v) is 48.9. The van der Waals surface area contributed by atoms with E-state index in [0.717, 1.165) is 77.0 Å². The Morgan fingerprint density at radius 2 is 1.52 bits per heavy atom. The number of unbranched alkanes of at least 4 members (excludes halogenated alkanes) is 15. The minimum atomic E-state index is -3.84. The molecule has 0 spiro atoms. The Morgan fingerprint density at radius 1 is 0.870 bits per heavy atom. The molecule has 5 aliphatic rings. The Bertz CT molecular complexity index is 2160. The van der Waals surface area contributed by atoms with E-state index >= 15 is 0 Å². The first kappa shape index (κ1) is 63.6. The van der Waals surface area contributed by atoms with Crippen LogP contribution in [-0.4, -0.2) is 101 Å². The van der Waals surface area contributed by atoms with E-state index in [2.05, 4.69) is 58.4 Å². The van der Waals surface area contributed by atoms with E-state index in [9.17, 15) is 39.8 Å². The maximum atomic E-state index is 14.2. The van der Waals surface area contributed by atoms with Crippen molar-refractivity contribution in [2.75, 3.05) is 39.4 Å². The van der Waals surface area contributed by atoms with Gasteiger partial charge in [0.25, 0.3) is 5.56 Å². The zero-order valence-electron chi connectivity index (χ0n) is 48.0. The van der Waals surface area contributed by atoms with Crippen molar-refractivity contribution in [1.82, 2.24) is 25.3 Å². The van der Waals surface area contributed by atoms with Crippen LogP contribution in [0.2, 0.25) is 0 Å². The number of amides is 1. The molecule has 4 saturated carbocycles. The van der Waals surface area contributed by atoms with E-state index in [-0.39, 0.29) is 72.1 Å². The van der Waals surface area contributed by atoms with Crippen LogP contribution in [0.3, 0.4) is 0 Å². The quantitative estimate of drug-likeness (QED) is 0.0109. The number of hydrogen-bond donors (Lipinski definition) is 7. The summed E-state index contributed by atoms with van der Waals surface area (Å²) >= 11 is 0. The van der Waals surface area contributed by atoms with Crippen LogP contribution in [0, 0.1) is 53.3 Å². The monoisotopic (exact) mass is 1100 g/mol. The summed E-state index contributed by atoms with van der Waals surface area (Å²) in [6.45, 7) is 12.9. The first-order valence-corrected chi connectivity index (χ1v) is 32.3. The van der Waals surface area contributed by atoms with Gasteiger partial charge in [0, 0.05) is 42.6 Å². The van der Waals surface area contributed by atoms with Gasteiger partial charge in [-0.15, -0.1) is 0 Å². The molecule has 4 aliphatic carbocycles. The zero-order chi connectivity index (χ0) is 55.4. The maximum Gasteiger partial charge on any atom is 0.405 e. The van der Waals surface area contributed by atoms with Gasteiger partial charge in [0.2, 0.25) is 5.91 Å². The molecule has 77 heavy (non-hydrogen) atoms. The maximum absolute atomic E-state index is 14.2. The average Bonchev–Trinajstić information content (AvgIpc) is 4.03. The second kappa shape index (κ2) is 31.5. The molecular formula is C58H103N8O10P. The number of ether oxygens (including phenoxy) is 1. The summed E-state index contributed by atoms with van der Waals surface area (Å²) < 4.78 is 33.5. The molecule has 19 heteroatoms. The molecular weight excluding hydrogens is 1000 g/mol. The molecule has 1 aromatic rings. The molecule has 6 rings (SSSR count). The van der Waals surface area contributed by atoms with E-state index in [1.165, 1.54) is 87.8 Å². The number of aliphatic hydroxyl groups is 3. The Balaban J connectivity index is 0.875. The number of rotatable bonds is 36. The standard InChI is InChI=1S/C58H103N8O10P/c1-6-7-8-9-10-11-12-13-14-15-16-17-18-19-20-21-34-74-77(73,75-40-50-48(64-65-59)38-53(76-50)66-39-42(3)55(71)63-56(66)72)62-33-23-31-60-30-22-32-61-52(70)27-24-41(2)45-25-26-46-54-47(37-51(69)58(45,46)5)57(4)29-28-44(67)35-43(57)36-49(54)68/h39,41,43-51,53-54,60,67-69H,6-38,40H2,1-5H3,(H,61,70)(H,62,73)(H,63,71,72)/t41?,43-,44+,45+,46-,47-,48-,49+,50+,51-,53+,54-,57-,58+,77?/m0/s1. The Kier molecular flexibility index (Phi) is 26.0. The number of aromatic amines is 1. The Morgan fingerprint density at radius 3 is 2.18 bits per heavy atom. The smallest absolute Gasteiger partial charge is 0.393 e. The third-order valence-corrected chi connectivity index (χ3v) is 21.2. The number of nitrogens with one attached hydrogen (secondary N) is 4. The van der Waals surface area contributed by atoms with Gasteiger partial charge in [0.05, 0.1) is 43.7 Å². The summed E-state index contributed by atoms with van der Waals surface area (Å²) in [7, 11) is -3.84. The SMILES string of the molecule is CCCCCCCCCCCCCCCCCCOP(=O)(NCCCNCCCNC(=O)CCC(C)[C@H]1CC[C@H]2[C@@H]3[C@H](O)C[C@@H]4C[C@H](O)CC[C@]4(C)[C@H]3C[C@H](O)[C@]12C)OC[C@H]1O[C@@H](n2cc(C)c(=O)[nH]c2=O)C[C@@H]1N=[N+]=[N-]. The van der Waals surface area contributed by atoms with E-state index in [1.807, 2.05) is 0 Å². The number of H-pyrrole nitrogens is 1. The van der Waals surface area contributed by atoms with E-state index in [1.54, 1.807) is 6.92 Å². The number of carbonyl (C=O) groups is 1. The van der Waals surface area contributed by atoms with E-state index in [4.69, 9.17) is 13.8 Å². The second-order valence-electron chi connectivity index (χ2n) is 24.8. The van der Waals surface area contributed by atoms with Crippen LogP contribution in [0.5, 0.6) is 0 Å². The minimum absolute atomic E-state index is 0.0335. The van der Waals surface area contributed by atoms with Gasteiger partial charge in [-0.2, -0.15) is 0 Å². The van der Waals surface area contributed by atoms with Gasteiger partial charge < -0.3 is 30.7 Å². The molecule has 1 saturated heterocycles. The fourth-order valence-corrected chi connectivity index (χ4v) is 16.3. The number of nitrogens with zero attached hydrogens (tertiary/aromatic N) is 4. The molecule has 0 aromatic carbocycles. The van der Waals surface area contributed by atoms with Crippen LogP contribution >= 0.6 is 7.75 Å². The fourth-order valence-electron chi connectivity index (χ4n) is 14.9. The number of fused-ring (bicyclic) bond motifs is 5. The normalized spacial score (nSPS) is 31.9. The first-order chi connectivity index (χ1) is 37.0. The molecule has 1 aliphatic heterocycles. The molecule has 2 heterocycles. The summed E-state index contributed by atoms with van der Waals surface area (Å²) in [4.78, 5) is 43.0. The van der Waals surface area contributed by atoms with Crippen molar-refractivity contribution in [3.8, 4) is 0 Å². The molecule has 2 unspecified atom stereocenters. The summed E-state index contributed by atoms with van der Waals surface area (Å²) in [5.41, 5.74) is 8.27. The topological polar surface area (TPSA) is 262 Å². The molecule has 0 radical (unpaired) electrons. The van der Waals surface area contributed by atoms with Crippen molar-refractivity contribution >= 4 is 13.7 Å². The van der Waals surface area contributed by atoms with Crippen molar-refractivity contribution < 1.29 is 38.5 Å². The first-order valence-electron chi connectivity index (χ1n) is 30.7. The Hall–Kier alpha value is -2.63. The Labute approximate surface area is 460 Å². The van der Waals surface area contributed by atoms with Crippen molar-refractivity contribution in [2.24, 2.45) is 51.5 Å². The molecule has 1 amide bonds. The highest BCUT2D eigenvalue weighted by Crippen LogP contribution is 2.68. The largest absolute Gasteiger partial charge is 0.405 e. The fraction of sp³-hybridized carbons (Fsp3) is 0.914. The summed E-state index contributed by atoms with van der Waals surface area (Å²) in [6, 6.07) is -0.719. The van der Waals surface area contributed by atoms with Crippen LogP contribution in [0.1, 0.15) is 219 Å². The third-order valence-electron chi connectivity index (χ3n) is 19.6. The van der Waals surface area contributed by atoms with Gasteiger partial charge >= 0.3 is 13.4 Å². The number of hydrogen-bond acceptors (Lipinski definition) is 12. The van der Waals surface area contributed by atoms with Crippen LogP contribution in [0.4, 0.5) is 0 Å². The molecule has 440 valence electrons. The van der Waals surface area contributed by atoms with Gasteiger partial charge in [-0.3, -0.25) is 28.2 Å². The summed E-state index contributed by atoms with van der Waals surface area (Å²) in [5.74, 6) is 1.57. The van der Waals surface area contributed by atoms with Gasteiger partial charge in [0.1, 0.15) is 6.23 Å². The third kappa shape index (κ3) is 17.7. The van der Waals surface area contributed by atoms with Gasteiger partial charge in [-0.05, 0) is 143 Å². The summed E-state index contributed by atoms with van der Waals surface area (Å²) in [6.07, 6.45) is 27.2. The number of azide groups is 1. The predicted molar refractivity (Wildman–Crippen MR) is 302 cm³/mol. The van der Waals surface area contributed by atoms with Crippen LogP contribution < -0.4 is 27.0 Å². The number of aromatic nitrogens is 2. The molecule has 15 atom stereocenters. The van der Waals surface area contributed by atoms with Gasteiger partial charge in [0.15, 0.2) is 0 Å². The molecule has 5 fully saturated rings. The highest BCUT2D eigenvalue weighted by Gasteiger charge is 2.65. The van der Waals surface area contributed by atoms with Crippen LogP contribution in [-0.2, 0) is 23.1 Å². The number of aliphatic hydroxyl groups excluding tert-OH is 3. The van der Waals surface area contributed by atoms with E-state index in [0.29, 0.717) is 56.9 Å². The number of carbonyl (C=O) groups excluding carboxylic acids is 1. The highest BCUT2D eigenvalue weighted by molar-refractivity contribution is 7.51. The van der Waals surface area contributed by atoms with Crippen molar-refractivity contribution in [3.05, 3.63) is 43.0 Å². The number of aryl methyl sites for hydroxylation is 1. The summed E-state index contributed by atoms with van der Waals surface area (Å²) in [5, 5.41) is 47.5. The van der Waals surface area contributed by atoms with Gasteiger partial charge in [-0.25, -0.2) is 14.4 Å². The highest BCUT2D eigenvalue weighted by atomic mass is 31.2. The van der Waals surface area contributed by atoms with Crippen molar-refractivity contribution in [3.63, 3.8) is 0 Å². The van der Waals surface area contributed by atoms with E-state index < -0.39 is 49.6 Å². The molecule has 18 nitrogen and oxygen atoms in total. The second-order valence-corrected chi connectivity index (χ2v) is 26.6. The van der Waals surface area contributed by atoms with Crippen LogP contribution in [0.25, 0.3) is 10.4 Å². The lowest BCUT2D eigenvalue weighted by Gasteiger charge is -2.63. The molecule has 7 N–H and O–H groups in total. The van der Waals surface area contributed by atoms with Gasteiger partial charge in [-0.1, -0.05) is 129 Å².